The Morgan fingerprint density at radius 1 is 1.33 bits per heavy atom. The average molecular weight is 257 g/mol. The second-order valence-electron chi connectivity index (χ2n) is 5.22. The molecule has 1 aliphatic carbocycles. The number of nitrogens with one attached hydrogen (secondary N) is 1. The highest BCUT2D eigenvalue weighted by Crippen LogP contribution is 2.54. The molecule has 3 atom stereocenters. The first kappa shape index (κ1) is 12.0. The molecule has 1 aliphatic heterocycles. The van der Waals surface area contributed by atoms with Crippen molar-refractivity contribution < 1.29 is 18.0 Å². The number of halogens is 3. The van der Waals surface area contributed by atoms with Gasteiger partial charge >= 0.3 is 0 Å². The van der Waals surface area contributed by atoms with Gasteiger partial charge in [-0.2, -0.15) is 5.48 Å². The molecule has 5 heteroatoms. The van der Waals surface area contributed by atoms with Crippen LogP contribution >= 0.6 is 0 Å². The van der Waals surface area contributed by atoms with Crippen molar-refractivity contribution in [1.82, 2.24) is 5.48 Å². The number of benzene rings is 1. The third-order valence-corrected chi connectivity index (χ3v) is 4.07. The number of hydroxylamine groups is 1. The van der Waals surface area contributed by atoms with Gasteiger partial charge in [0, 0.05) is 12.0 Å². The Kier molecular flexibility index (Phi) is 2.47. The molecule has 1 N–H and O–H groups in total. The fourth-order valence-electron chi connectivity index (χ4n) is 3.22. The van der Waals surface area contributed by atoms with Crippen LogP contribution in [-0.2, 0) is 10.4 Å². The quantitative estimate of drug-likeness (QED) is 0.835. The number of fused-ring (bicyclic) bond motifs is 1. The molecule has 1 heterocycles. The summed E-state index contributed by atoms with van der Waals surface area (Å²) in [6.45, 7) is 1.58. The lowest BCUT2D eigenvalue weighted by Gasteiger charge is -2.33. The van der Waals surface area contributed by atoms with Crippen LogP contribution in [0.25, 0.3) is 0 Å². The van der Waals surface area contributed by atoms with E-state index in [9.17, 15) is 13.2 Å². The summed E-state index contributed by atoms with van der Waals surface area (Å²) in [7, 11) is 0. The van der Waals surface area contributed by atoms with E-state index in [1.54, 1.807) is 19.1 Å². The summed E-state index contributed by atoms with van der Waals surface area (Å²) in [5.41, 5.74) is 1.68. The summed E-state index contributed by atoms with van der Waals surface area (Å²) in [5.74, 6) is -4.34. The van der Waals surface area contributed by atoms with Crippen LogP contribution in [0.3, 0.4) is 0 Å². The summed E-state index contributed by atoms with van der Waals surface area (Å²) in [6.07, 6.45) is -0.451. The van der Waals surface area contributed by atoms with Crippen molar-refractivity contribution in [3.8, 4) is 0 Å². The predicted molar refractivity (Wildman–Crippen MR) is 59.4 cm³/mol. The molecule has 2 aliphatic rings. The highest BCUT2D eigenvalue weighted by atomic mass is 19.3. The topological polar surface area (TPSA) is 21.3 Å². The molecule has 2 nitrogen and oxygen atoms in total. The van der Waals surface area contributed by atoms with Crippen LogP contribution in [0.4, 0.5) is 13.2 Å². The summed E-state index contributed by atoms with van der Waals surface area (Å²) < 4.78 is 41.8. The molecule has 3 rings (SSSR count). The third-order valence-electron chi connectivity index (χ3n) is 4.07. The lowest BCUT2D eigenvalue weighted by Crippen LogP contribution is -2.46. The average Bonchev–Trinajstić information content (AvgIpc) is 2.81. The Hall–Kier alpha value is -1.07. The third kappa shape index (κ3) is 1.50. The fourth-order valence-corrected chi connectivity index (χ4v) is 3.22. The summed E-state index contributed by atoms with van der Waals surface area (Å²) in [4.78, 5) is 5.24. The number of hydrogen-bond donors (Lipinski definition) is 1. The van der Waals surface area contributed by atoms with Crippen LogP contribution in [0.5, 0.6) is 0 Å². The Morgan fingerprint density at radius 2 is 2.06 bits per heavy atom. The SMILES string of the molecule is CC1(c2ccccc2F)NOC2CCC(F)(F)C21. The molecule has 0 aromatic heterocycles. The molecule has 1 saturated heterocycles. The minimum atomic E-state index is -2.83. The largest absolute Gasteiger partial charge is 0.297 e. The van der Waals surface area contributed by atoms with Crippen molar-refractivity contribution in [2.24, 2.45) is 5.92 Å². The second-order valence-corrected chi connectivity index (χ2v) is 5.22. The number of hydrogen-bond acceptors (Lipinski definition) is 2. The van der Waals surface area contributed by atoms with Gasteiger partial charge in [0.2, 0.25) is 0 Å². The number of rotatable bonds is 1. The lowest BCUT2D eigenvalue weighted by atomic mass is 9.77. The van der Waals surface area contributed by atoms with Gasteiger partial charge in [-0.3, -0.25) is 4.84 Å². The number of alkyl halides is 2. The Balaban J connectivity index is 2.08. The minimum Gasteiger partial charge on any atom is -0.297 e. The van der Waals surface area contributed by atoms with E-state index in [4.69, 9.17) is 4.84 Å². The van der Waals surface area contributed by atoms with Crippen molar-refractivity contribution in [3.05, 3.63) is 35.6 Å². The molecule has 0 bridgehead atoms. The first-order chi connectivity index (χ1) is 8.45. The first-order valence-electron chi connectivity index (χ1n) is 6.01. The zero-order valence-electron chi connectivity index (χ0n) is 9.92. The lowest BCUT2D eigenvalue weighted by molar-refractivity contribution is -0.0615. The van der Waals surface area contributed by atoms with Gasteiger partial charge in [-0.05, 0) is 19.4 Å². The Morgan fingerprint density at radius 3 is 2.78 bits per heavy atom. The van der Waals surface area contributed by atoms with E-state index < -0.39 is 29.3 Å². The predicted octanol–water partition coefficient (Wildman–Crippen LogP) is 2.99. The molecule has 0 amide bonds. The maximum Gasteiger partial charge on any atom is 0.255 e. The van der Waals surface area contributed by atoms with Crippen LogP contribution in [-0.4, -0.2) is 12.0 Å². The van der Waals surface area contributed by atoms with Gasteiger partial charge in [0.05, 0.1) is 17.6 Å². The van der Waals surface area contributed by atoms with E-state index in [-0.39, 0.29) is 12.0 Å². The molecular formula is C13H14F3NO. The van der Waals surface area contributed by atoms with E-state index in [1.807, 2.05) is 0 Å². The standard InChI is InChI=1S/C13H14F3NO/c1-12(8-4-2-3-5-9(8)14)11-10(18-17-12)6-7-13(11,15)16/h2-5,10-11,17H,6-7H2,1H3. The molecular weight excluding hydrogens is 243 g/mol. The van der Waals surface area contributed by atoms with E-state index in [2.05, 4.69) is 5.48 Å². The molecule has 3 unspecified atom stereocenters. The van der Waals surface area contributed by atoms with Gasteiger partial charge in [0.15, 0.2) is 0 Å². The van der Waals surface area contributed by atoms with Crippen LogP contribution < -0.4 is 5.48 Å². The van der Waals surface area contributed by atoms with Crippen LogP contribution in [0.2, 0.25) is 0 Å². The van der Waals surface area contributed by atoms with Gasteiger partial charge in [0.25, 0.3) is 5.92 Å². The molecule has 1 aromatic carbocycles. The molecule has 1 aromatic rings. The van der Waals surface area contributed by atoms with Gasteiger partial charge in [0.1, 0.15) is 5.82 Å². The van der Waals surface area contributed by atoms with Crippen molar-refractivity contribution in [3.63, 3.8) is 0 Å². The minimum absolute atomic E-state index is 0.200. The van der Waals surface area contributed by atoms with Crippen molar-refractivity contribution in [2.45, 2.75) is 37.3 Å². The van der Waals surface area contributed by atoms with E-state index in [0.717, 1.165) is 0 Å². The van der Waals surface area contributed by atoms with Gasteiger partial charge in [-0.15, -0.1) is 0 Å². The Labute approximate surface area is 103 Å². The van der Waals surface area contributed by atoms with Crippen molar-refractivity contribution >= 4 is 0 Å². The molecule has 2 fully saturated rings. The summed E-state index contributed by atoms with van der Waals surface area (Å²) in [5, 5.41) is 0. The highest BCUT2D eigenvalue weighted by Gasteiger charge is 2.63. The zero-order chi connectivity index (χ0) is 13.0. The van der Waals surface area contributed by atoms with Crippen LogP contribution in [0.15, 0.2) is 24.3 Å². The van der Waals surface area contributed by atoms with Gasteiger partial charge in [-0.1, -0.05) is 18.2 Å². The van der Waals surface area contributed by atoms with E-state index in [1.165, 1.54) is 12.1 Å². The monoisotopic (exact) mass is 257 g/mol. The molecule has 18 heavy (non-hydrogen) atoms. The van der Waals surface area contributed by atoms with Crippen LogP contribution in [0.1, 0.15) is 25.3 Å². The molecule has 0 spiro atoms. The zero-order valence-corrected chi connectivity index (χ0v) is 9.92. The maximum atomic E-state index is 14.0. The van der Waals surface area contributed by atoms with E-state index in [0.29, 0.717) is 6.42 Å². The fraction of sp³-hybridized carbons (Fsp3) is 0.538. The van der Waals surface area contributed by atoms with Crippen LogP contribution in [0, 0.1) is 11.7 Å². The molecule has 98 valence electrons. The van der Waals surface area contributed by atoms with Crippen molar-refractivity contribution in [2.75, 3.05) is 0 Å². The summed E-state index contributed by atoms with van der Waals surface area (Å²) >= 11 is 0. The first-order valence-corrected chi connectivity index (χ1v) is 6.01. The Bertz CT molecular complexity index is 479. The molecule has 1 saturated carbocycles. The smallest absolute Gasteiger partial charge is 0.255 e. The second kappa shape index (κ2) is 3.71. The van der Waals surface area contributed by atoms with E-state index >= 15 is 0 Å². The van der Waals surface area contributed by atoms with Crippen molar-refractivity contribution in [1.29, 1.82) is 0 Å². The van der Waals surface area contributed by atoms with Gasteiger partial charge < -0.3 is 0 Å². The molecule has 0 radical (unpaired) electrons. The normalized spacial score (nSPS) is 37.8. The maximum absolute atomic E-state index is 14.0. The summed E-state index contributed by atoms with van der Waals surface area (Å²) in [6, 6.07) is 6.00. The van der Waals surface area contributed by atoms with Gasteiger partial charge in [-0.25, -0.2) is 13.2 Å². The highest BCUT2D eigenvalue weighted by molar-refractivity contribution is 5.29.